The van der Waals surface area contributed by atoms with Crippen LogP contribution in [0.2, 0.25) is 0 Å². The third kappa shape index (κ3) is 4.31. The quantitative estimate of drug-likeness (QED) is 0.685. The zero-order valence-corrected chi connectivity index (χ0v) is 17.2. The zero-order valence-electron chi connectivity index (χ0n) is 17.2. The van der Waals surface area contributed by atoms with Gasteiger partial charge in [-0.1, -0.05) is 12.1 Å². The van der Waals surface area contributed by atoms with Crippen molar-refractivity contribution in [3.63, 3.8) is 0 Å². The first-order valence-electron chi connectivity index (χ1n) is 10.0. The molecule has 0 spiro atoms. The Hall–Kier alpha value is -3.16. The molecular weight excluding hydrogens is 366 g/mol. The number of para-hydroxylation sites is 1. The third-order valence-electron chi connectivity index (χ3n) is 5.06. The van der Waals surface area contributed by atoms with Gasteiger partial charge in [0.15, 0.2) is 0 Å². The second-order valence-electron chi connectivity index (χ2n) is 7.34. The predicted octanol–water partition coefficient (Wildman–Crippen LogP) is 2.97. The molecule has 0 amide bonds. The highest BCUT2D eigenvalue weighted by Crippen LogP contribution is 2.27. The third-order valence-corrected chi connectivity index (χ3v) is 5.06. The first-order chi connectivity index (χ1) is 14.1. The number of nitrogens with one attached hydrogen (secondary N) is 1. The van der Waals surface area contributed by atoms with Crippen LogP contribution in [0, 0.1) is 0 Å². The Morgan fingerprint density at radius 2 is 1.93 bits per heavy atom. The predicted molar refractivity (Wildman–Crippen MR) is 116 cm³/mol. The van der Waals surface area contributed by atoms with Gasteiger partial charge in [-0.25, -0.2) is 15.0 Å². The fraction of sp³-hybridized carbons (Fsp3) is 0.429. The van der Waals surface area contributed by atoms with Crippen LogP contribution in [-0.2, 0) is 0 Å². The molecule has 4 rings (SSSR count). The fourth-order valence-electron chi connectivity index (χ4n) is 3.61. The maximum Gasteiger partial charge on any atom is 0.227 e. The summed E-state index contributed by atoms with van der Waals surface area (Å²) in [5.74, 6) is 3.16. The monoisotopic (exact) mass is 393 g/mol. The van der Waals surface area contributed by atoms with Crippen LogP contribution in [0.25, 0.3) is 10.9 Å². The van der Waals surface area contributed by atoms with E-state index in [4.69, 9.17) is 14.7 Å². The normalized spacial score (nSPS) is 14.8. The first kappa shape index (κ1) is 19.2. The Balaban J connectivity index is 1.45. The molecule has 3 aromatic rings. The van der Waals surface area contributed by atoms with E-state index in [9.17, 15) is 0 Å². The number of nitrogens with zero attached hydrogens (tertiary/aromatic N) is 6. The van der Waals surface area contributed by atoms with Crippen LogP contribution < -0.4 is 19.9 Å². The van der Waals surface area contributed by atoms with E-state index >= 15 is 0 Å². The number of anilines is 3. The van der Waals surface area contributed by atoms with Crippen LogP contribution in [0.1, 0.15) is 19.8 Å². The lowest BCUT2D eigenvalue weighted by atomic mass is 10.1. The molecule has 0 unspecified atom stereocenters. The van der Waals surface area contributed by atoms with Gasteiger partial charge in [-0.2, -0.15) is 4.98 Å². The fourth-order valence-corrected chi connectivity index (χ4v) is 3.61. The molecule has 1 aliphatic heterocycles. The molecule has 0 radical (unpaired) electrons. The SMILES string of the molecule is CCOc1cc(NC2CCN(c3nc(N(C)C)c4ccccc4n3)CC2)ncn1. The number of piperidine rings is 1. The molecular formula is C21H27N7O. The molecule has 1 aromatic carbocycles. The Morgan fingerprint density at radius 1 is 1.14 bits per heavy atom. The summed E-state index contributed by atoms with van der Waals surface area (Å²) in [6.07, 6.45) is 3.51. The van der Waals surface area contributed by atoms with E-state index < -0.39 is 0 Å². The summed E-state index contributed by atoms with van der Waals surface area (Å²) in [4.78, 5) is 22.4. The summed E-state index contributed by atoms with van der Waals surface area (Å²) >= 11 is 0. The Morgan fingerprint density at radius 3 is 2.69 bits per heavy atom. The molecule has 1 fully saturated rings. The molecule has 29 heavy (non-hydrogen) atoms. The molecule has 3 heterocycles. The van der Waals surface area contributed by atoms with E-state index in [1.807, 2.05) is 50.2 Å². The largest absolute Gasteiger partial charge is 0.478 e. The van der Waals surface area contributed by atoms with E-state index in [1.165, 1.54) is 6.33 Å². The van der Waals surface area contributed by atoms with Crippen molar-refractivity contribution >= 4 is 28.5 Å². The standard InChI is InChI=1S/C21H27N7O/c1-4-29-19-13-18(22-14-23-19)24-15-9-11-28(12-10-15)21-25-17-8-6-5-7-16(17)20(26-21)27(2)3/h5-8,13-15H,4,9-12H2,1-3H3,(H,22,23,24). The Bertz CT molecular complexity index is 970. The summed E-state index contributed by atoms with van der Waals surface area (Å²) in [5.41, 5.74) is 0.978. The molecule has 0 bridgehead atoms. The number of aromatic nitrogens is 4. The van der Waals surface area contributed by atoms with E-state index in [-0.39, 0.29) is 0 Å². The number of hydrogen-bond donors (Lipinski definition) is 1. The van der Waals surface area contributed by atoms with E-state index in [0.29, 0.717) is 18.5 Å². The molecule has 8 nitrogen and oxygen atoms in total. The lowest BCUT2D eigenvalue weighted by Crippen LogP contribution is -2.40. The average Bonchev–Trinajstić information content (AvgIpc) is 2.74. The number of rotatable bonds is 6. The Labute approximate surface area is 171 Å². The van der Waals surface area contributed by atoms with Crippen LogP contribution in [0.15, 0.2) is 36.7 Å². The minimum absolute atomic E-state index is 0.351. The number of benzene rings is 1. The molecule has 2 aromatic heterocycles. The highest BCUT2D eigenvalue weighted by molar-refractivity contribution is 5.90. The van der Waals surface area contributed by atoms with Gasteiger partial charge in [0.25, 0.3) is 0 Å². The molecule has 0 aliphatic carbocycles. The van der Waals surface area contributed by atoms with Crippen LogP contribution in [0.5, 0.6) is 5.88 Å². The number of hydrogen-bond acceptors (Lipinski definition) is 8. The van der Waals surface area contributed by atoms with Crippen LogP contribution in [-0.4, -0.2) is 59.8 Å². The van der Waals surface area contributed by atoms with Crippen LogP contribution in [0.4, 0.5) is 17.6 Å². The number of fused-ring (bicyclic) bond motifs is 1. The van der Waals surface area contributed by atoms with Crippen molar-refractivity contribution in [1.82, 2.24) is 19.9 Å². The highest BCUT2D eigenvalue weighted by atomic mass is 16.5. The second kappa shape index (κ2) is 8.46. The van der Waals surface area contributed by atoms with Crippen molar-refractivity contribution in [3.05, 3.63) is 36.7 Å². The Kier molecular flexibility index (Phi) is 5.59. The highest BCUT2D eigenvalue weighted by Gasteiger charge is 2.22. The first-order valence-corrected chi connectivity index (χ1v) is 10.0. The van der Waals surface area contributed by atoms with Crippen molar-refractivity contribution in [3.8, 4) is 5.88 Å². The molecule has 1 saturated heterocycles. The van der Waals surface area contributed by atoms with Crippen molar-refractivity contribution in [2.75, 3.05) is 48.9 Å². The van der Waals surface area contributed by atoms with E-state index in [0.717, 1.165) is 54.4 Å². The molecule has 0 saturated carbocycles. The van der Waals surface area contributed by atoms with Gasteiger partial charge in [-0.05, 0) is 31.9 Å². The van der Waals surface area contributed by atoms with Gasteiger partial charge in [0.2, 0.25) is 11.8 Å². The lowest BCUT2D eigenvalue weighted by molar-refractivity contribution is 0.326. The molecule has 152 valence electrons. The average molecular weight is 393 g/mol. The molecule has 8 heteroatoms. The van der Waals surface area contributed by atoms with Gasteiger partial charge in [0.05, 0.1) is 12.1 Å². The number of ether oxygens (including phenoxy) is 1. The minimum atomic E-state index is 0.351. The maximum atomic E-state index is 5.46. The van der Waals surface area contributed by atoms with E-state index in [1.54, 1.807) is 0 Å². The van der Waals surface area contributed by atoms with Crippen molar-refractivity contribution < 1.29 is 4.74 Å². The molecule has 0 atom stereocenters. The summed E-state index contributed by atoms with van der Waals surface area (Å²) in [6, 6.07) is 10.4. The van der Waals surface area contributed by atoms with Crippen molar-refractivity contribution in [2.24, 2.45) is 0 Å². The van der Waals surface area contributed by atoms with Crippen LogP contribution >= 0.6 is 0 Å². The lowest BCUT2D eigenvalue weighted by Gasteiger charge is -2.33. The smallest absolute Gasteiger partial charge is 0.227 e. The van der Waals surface area contributed by atoms with Gasteiger partial charge >= 0.3 is 0 Å². The molecule has 1 aliphatic rings. The van der Waals surface area contributed by atoms with Gasteiger partial charge in [0.1, 0.15) is 18.0 Å². The maximum absolute atomic E-state index is 5.46. The second-order valence-corrected chi connectivity index (χ2v) is 7.34. The minimum Gasteiger partial charge on any atom is -0.478 e. The summed E-state index contributed by atoms with van der Waals surface area (Å²) in [7, 11) is 4.04. The van der Waals surface area contributed by atoms with Crippen molar-refractivity contribution in [1.29, 1.82) is 0 Å². The summed E-state index contributed by atoms with van der Waals surface area (Å²) in [5, 5.41) is 4.58. The van der Waals surface area contributed by atoms with Gasteiger partial charge in [-0.15, -0.1) is 0 Å². The van der Waals surface area contributed by atoms with Gasteiger partial charge in [0, 0.05) is 44.7 Å². The summed E-state index contributed by atoms with van der Waals surface area (Å²) < 4.78 is 5.46. The zero-order chi connectivity index (χ0) is 20.2. The van der Waals surface area contributed by atoms with Crippen LogP contribution in [0.3, 0.4) is 0 Å². The van der Waals surface area contributed by atoms with E-state index in [2.05, 4.69) is 26.3 Å². The molecule has 1 N–H and O–H groups in total. The van der Waals surface area contributed by atoms with Gasteiger partial charge < -0.3 is 19.9 Å². The van der Waals surface area contributed by atoms with Crippen molar-refractivity contribution in [2.45, 2.75) is 25.8 Å². The summed E-state index contributed by atoms with van der Waals surface area (Å²) in [6.45, 7) is 4.33. The topological polar surface area (TPSA) is 79.3 Å². The van der Waals surface area contributed by atoms with Gasteiger partial charge in [-0.3, -0.25) is 0 Å².